The normalized spacial score (nSPS) is 16.1. The van der Waals surface area contributed by atoms with E-state index in [4.69, 9.17) is 16.1 Å². The number of aromatic nitrogens is 2. The molecule has 1 aromatic heterocycles. The van der Waals surface area contributed by atoms with E-state index >= 15 is 0 Å². The second-order valence-corrected chi connectivity index (χ2v) is 4.26. The zero-order valence-electron chi connectivity index (χ0n) is 8.48. The third kappa shape index (κ3) is 1.70. The van der Waals surface area contributed by atoms with Crippen LogP contribution in [0.5, 0.6) is 0 Å². The number of nitrogens with one attached hydrogen (secondary N) is 1. The van der Waals surface area contributed by atoms with E-state index in [2.05, 4.69) is 15.5 Å². The summed E-state index contributed by atoms with van der Waals surface area (Å²) in [6.07, 6.45) is 0. The molecule has 2 aromatic rings. The molecule has 0 spiro atoms. The van der Waals surface area contributed by atoms with Crippen molar-refractivity contribution in [3.05, 3.63) is 35.1 Å². The summed E-state index contributed by atoms with van der Waals surface area (Å²) < 4.78 is 5.22. The summed E-state index contributed by atoms with van der Waals surface area (Å²) in [5, 5.41) is 7.82. The lowest BCUT2D eigenvalue weighted by Crippen LogP contribution is -2.40. The Morgan fingerprint density at radius 3 is 2.94 bits per heavy atom. The van der Waals surface area contributed by atoms with Gasteiger partial charge >= 0.3 is 0 Å². The van der Waals surface area contributed by atoms with Crippen molar-refractivity contribution in [1.29, 1.82) is 0 Å². The highest BCUT2D eigenvalue weighted by Crippen LogP contribution is 2.23. The van der Waals surface area contributed by atoms with Gasteiger partial charge in [0.15, 0.2) is 5.82 Å². The smallest absolute Gasteiger partial charge is 0.257 e. The fourth-order valence-electron chi connectivity index (χ4n) is 1.61. The molecular formula is C11H10ClN3O. The largest absolute Gasteiger partial charge is 0.334 e. The fourth-order valence-corrected chi connectivity index (χ4v) is 1.80. The molecule has 1 aromatic carbocycles. The molecule has 1 fully saturated rings. The van der Waals surface area contributed by atoms with E-state index in [1.165, 1.54) is 0 Å². The molecule has 82 valence electrons. The van der Waals surface area contributed by atoms with Crippen LogP contribution >= 0.6 is 11.6 Å². The van der Waals surface area contributed by atoms with Crippen molar-refractivity contribution in [3.8, 4) is 11.5 Å². The second-order valence-electron chi connectivity index (χ2n) is 3.82. The fraction of sp³-hybridized carbons (Fsp3) is 0.273. The summed E-state index contributed by atoms with van der Waals surface area (Å²) >= 11 is 5.90. The number of hydrogen-bond acceptors (Lipinski definition) is 4. The van der Waals surface area contributed by atoms with E-state index in [0.29, 0.717) is 16.8 Å². The Hall–Kier alpha value is -1.39. The summed E-state index contributed by atoms with van der Waals surface area (Å²) in [7, 11) is 0. The minimum atomic E-state index is 0.386. The average molecular weight is 236 g/mol. The van der Waals surface area contributed by atoms with Crippen LogP contribution in [0, 0.1) is 0 Å². The van der Waals surface area contributed by atoms with Crippen molar-refractivity contribution in [2.24, 2.45) is 0 Å². The predicted molar refractivity (Wildman–Crippen MR) is 60.4 cm³/mol. The van der Waals surface area contributed by atoms with Crippen LogP contribution < -0.4 is 5.32 Å². The maximum absolute atomic E-state index is 5.90. The van der Waals surface area contributed by atoms with Gasteiger partial charge in [-0.25, -0.2) is 0 Å². The summed E-state index contributed by atoms with van der Waals surface area (Å²) in [5.74, 6) is 1.69. The maximum atomic E-state index is 5.90. The molecule has 2 heterocycles. The van der Waals surface area contributed by atoms with Gasteiger partial charge in [0.25, 0.3) is 5.89 Å². The Morgan fingerprint density at radius 2 is 2.25 bits per heavy atom. The third-order valence-corrected chi connectivity index (χ3v) is 2.90. The summed E-state index contributed by atoms with van der Waals surface area (Å²) in [5.41, 5.74) is 0.860. The zero-order chi connectivity index (χ0) is 11.0. The van der Waals surface area contributed by atoms with E-state index < -0.39 is 0 Å². The lowest BCUT2D eigenvalue weighted by Gasteiger charge is -2.23. The van der Waals surface area contributed by atoms with Crippen LogP contribution in [-0.2, 0) is 0 Å². The Morgan fingerprint density at radius 1 is 1.38 bits per heavy atom. The quantitative estimate of drug-likeness (QED) is 0.866. The zero-order valence-corrected chi connectivity index (χ0v) is 9.24. The van der Waals surface area contributed by atoms with E-state index in [0.717, 1.165) is 24.5 Å². The summed E-state index contributed by atoms with van der Waals surface area (Å²) in [4.78, 5) is 4.37. The average Bonchev–Trinajstić information content (AvgIpc) is 2.64. The van der Waals surface area contributed by atoms with Crippen molar-refractivity contribution in [2.75, 3.05) is 13.1 Å². The lowest BCUT2D eigenvalue weighted by molar-refractivity contribution is 0.382. The van der Waals surface area contributed by atoms with Gasteiger partial charge in [0.2, 0.25) is 0 Å². The highest BCUT2D eigenvalue weighted by molar-refractivity contribution is 6.30. The molecule has 0 aliphatic carbocycles. The van der Waals surface area contributed by atoms with Gasteiger partial charge in [0.1, 0.15) is 0 Å². The predicted octanol–water partition coefficient (Wildman–Crippen LogP) is 2.08. The first-order chi connectivity index (χ1) is 7.83. The van der Waals surface area contributed by atoms with Crippen molar-refractivity contribution in [1.82, 2.24) is 15.5 Å². The van der Waals surface area contributed by atoms with Gasteiger partial charge in [-0.3, -0.25) is 0 Å². The topological polar surface area (TPSA) is 51.0 Å². The van der Waals surface area contributed by atoms with E-state index in [1.54, 1.807) is 0 Å². The molecule has 3 rings (SSSR count). The molecule has 1 saturated heterocycles. The number of halogens is 1. The molecule has 1 aliphatic heterocycles. The molecule has 0 saturated carbocycles. The van der Waals surface area contributed by atoms with Crippen LogP contribution in [0.4, 0.5) is 0 Å². The Balaban J connectivity index is 1.91. The molecule has 0 radical (unpaired) electrons. The van der Waals surface area contributed by atoms with Crippen molar-refractivity contribution < 1.29 is 4.52 Å². The van der Waals surface area contributed by atoms with Crippen LogP contribution in [-0.4, -0.2) is 23.2 Å². The van der Waals surface area contributed by atoms with Gasteiger partial charge in [0.05, 0.1) is 0 Å². The van der Waals surface area contributed by atoms with E-state index in [9.17, 15) is 0 Å². The molecule has 0 amide bonds. The number of benzene rings is 1. The molecule has 5 heteroatoms. The third-order valence-electron chi connectivity index (χ3n) is 2.66. The first kappa shape index (κ1) is 9.81. The highest BCUT2D eigenvalue weighted by Gasteiger charge is 2.24. The molecule has 4 nitrogen and oxygen atoms in total. The molecular weight excluding hydrogens is 226 g/mol. The first-order valence-corrected chi connectivity index (χ1v) is 5.51. The highest BCUT2D eigenvalue weighted by atomic mass is 35.5. The molecule has 0 unspecified atom stereocenters. The van der Waals surface area contributed by atoms with Crippen LogP contribution in [0.25, 0.3) is 11.5 Å². The molecule has 0 bridgehead atoms. The van der Waals surface area contributed by atoms with Gasteiger partial charge in [0, 0.05) is 29.6 Å². The summed E-state index contributed by atoms with van der Waals surface area (Å²) in [6.45, 7) is 1.85. The molecule has 1 N–H and O–H groups in total. The van der Waals surface area contributed by atoms with Crippen molar-refractivity contribution in [3.63, 3.8) is 0 Å². The molecule has 0 atom stereocenters. The summed E-state index contributed by atoms with van der Waals surface area (Å²) in [6, 6.07) is 7.41. The van der Waals surface area contributed by atoms with Crippen molar-refractivity contribution >= 4 is 11.6 Å². The van der Waals surface area contributed by atoms with Crippen LogP contribution in [0.3, 0.4) is 0 Å². The number of hydrogen-bond donors (Lipinski definition) is 1. The number of rotatable bonds is 2. The second kappa shape index (κ2) is 3.88. The standard InChI is InChI=1S/C11H10ClN3O/c12-9-3-1-2-7(4-9)11-14-10(15-16-11)8-5-13-6-8/h1-4,8,13H,5-6H2. The van der Waals surface area contributed by atoms with Gasteiger partial charge in [-0.1, -0.05) is 22.8 Å². The van der Waals surface area contributed by atoms with Gasteiger partial charge in [-0.05, 0) is 18.2 Å². The van der Waals surface area contributed by atoms with Crippen LogP contribution in [0.15, 0.2) is 28.8 Å². The lowest BCUT2D eigenvalue weighted by atomic mass is 10.0. The van der Waals surface area contributed by atoms with E-state index in [1.807, 2.05) is 24.3 Å². The monoisotopic (exact) mass is 235 g/mol. The van der Waals surface area contributed by atoms with Crippen LogP contribution in [0.1, 0.15) is 11.7 Å². The van der Waals surface area contributed by atoms with Crippen molar-refractivity contribution in [2.45, 2.75) is 5.92 Å². The maximum Gasteiger partial charge on any atom is 0.257 e. The van der Waals surface area contributed by atoms with Gasteiger partial charge in [-0.2, -0.15) is 4.98 Å². The van der Waals surface area contributed by atoms with Gasteiger partial charge < -0.3 is 9.84 Å². The van der Waals surface area contributed by atoms with Crippen LogP contribution in [0.2, 0.25) is 5.02 Å². The SMILES string of the molecule is Clc1cccc(-c2nc(C3CNC3)no2)c1. The minimum Gasteiger partial charge on any atom is -0.334 e. The molecule has 1 aliphatic rings. The Labute approximate surface area is 97.6 Å². The molecule has 16 heavy (non-hydrogen) atoms. The Bertz CT molecular complexity index is 507. The number of nitrogens with zero attached hydrogens (tertiary/aromatic N) is 2. The van der Waals surface area contributed by atoms with Gasteiger partial charge in [-0.15, -0.1) is 0 Å². The first-order valence-electron chi connectivity index (χ1n) is 5.13. The van der Waals surface area contributed by atoms with E-state index in [-0.39, 0.29) is 0 Å². The Kier molecular flexibility index (Phi) is 2.38. The minimum absolute atomic E-state index is 0.386.